The summed E-state index contributed by atoms with van der Waals surface area (Å²) in [5, 5.41) is 0. The van der Waals surface area contributed by atoms with Crippen LogP contribution in [0.5, 0.6) is 0 Å². The maximum atomic E-state index is 12.7. The molecule has 1 aromatic rings. The molecule has 0 radical (unpaired) electrons. The zero-order valence-corrected chi connectivity index (χ0v) is 15.8. The average molecular weight is 333 g/mol. The third kappa shape index (κ3) is 4.96. The van der Waals surface area contributed by atoms with Crippen molar-refractivity contribution in [1.82, 2.24) is 4.57 Å². The summed E-state index contributed by atoms with van der Waals surface area (Å²) in [6.07, 6.45) is 7.46. The smallest absolute Gasteiger partial charge is 0.326 e. The second-order valence-electron chi connectivity index (χ2n) is 8.12. The van der Waals surface area contributed by atoms with Gasteiger partial charge in [-0.1, -0.05) is 32.1 Å². The summed E-state index contributed by atoms with van der Waals surface area (Å²) in [5.74, 6) is 0.324. The van der Waals surface area contributed by atoms with Crippen LogP contribution in [-0.4, -0.2) is 16.1 Å². The Balaban J connectivity index is 2.18. The number of aryl methyl sites for hydroxylation is 1. The number of carbonyl (C=O) groups is 1. The summed E-state index contributed by atoms with van der Waals surface area (Å²) in [7, 11) is 0. The van der Waals surface area contributed by atoms with Crippen molar-refractivity contribution in [3.05, 3.63) is 33.2 Å². The first kappa shape index (κ1) is 18.8. The van der Waals surface area contributed by atoms with Crippen molar-refractivity contribution in [2.24, 2.45) is 5.92 Å². The van der Waals surface area contributed by atoms with Crippen LogP contribution in [-0.2, 0) is 22.5 Å². The van der Waals surface area contributed by atoms with Crippen molar-refractivity contribution in [2.45, 2.75) is 85.3 Å². The standard InChI is InChI=1S/C20H31NO3/c1-14-11-17(12-16-9-7-6-8-10-16)15(2)19(23)21(14)13-18(22)24-20(3,4)5/h11,16H,6-10,12-13H2,1-5H3. The summed E-state index contributed by atoms with van der Waals surface area (Å²) in [4.78, 5) is 24.8. The fourth-order valence-electron chi connectivity index (χ4n) is 3.55. The lowest BCUT2D eigenvalue weighted by atomic mass is 9.84. The summed E-state index contributed by atoms with van der Waals surface area (Å²) in [6.45, 7) is 9.25. The second kappa shape index (κ2) is 7.54. The van der Waals surface area contributed by atoms with Gasteiger partial charge in [0.05, 0.1) is 0 Å². The maximum Gasteiger partial charge on any atom is 0.326 e. The van der Waals surface area contributed by atoms with Crippen LogP contribution in [0.2, 0.25) is 0 Å². The zero-order valence-electron chi connectivity index (χ0n) is 15.8. The van der Waals surface area contributed by atoms with Crippen LogP contribution in [0.25, 0.3) is 0 Å². The number of aromatic nitrogens is 1. The number of rotatable bonds is 4. The Kier molecular flexibility index (Phi) is 5.89. The minimum atomic E-state index is -0.537. The number of pyridine rings is 1. The highest BCUT2D eigenvalue weighted by Gasteiger charge is 2.20. The number of esters is 1. The number of hydrogen-bond acceptors (Lipinski definition) is 3. The van der Waals surface area contributed by atoms with Gasteiger partial charge in [0.15, 0.2) is 0 Å². The van der Waals surface area contributed by atoms with Crippen molar-refractivity contribution in [3.8, 4) is 0 Å². The molecule has 1 saturated carbocycles. The molecule has 0 amide bonds. The van der Waals surface area contributed by atoms with E-state index in [1.54, 1.807) is 0 Å². The van der Waals surface area contributed by atoms with E-state index in [9.17, 15) is 9.59 Å². The van der Waals surface area contributed by atoms with E-state index < -0.39 is 5.60 Å². The Bertz CT molecular complexity index is 646. The van der Waals surface area contributed by atoms with Gasteiger partial charge in [-0.25, -0.2) is 0 Å². The fraction of sp³-hybridized carbons (Fsp3) is 0.700. The van der Waals surface area contributed by atoms with Crippen molar-refractivity contribution in [2.75, 3.05) is 0 Å². The molecule has 4 nitrogen and oxygen atoms in total. The average Bonchev–Trinajstić information content (AvgIpc) is 2.48. The minimum Gasteiger partial charge on any atom is -0.459 e. The molecule has 24 heavy (non-hydrogen) atoms. The zero-order chi connectivity index (χ0) is 17.9. The molecule has 0 unspecified atom stereocenters. The van der Waals surface area contributed by atoms with E-state index in [2.05, 4.69) is 6.07 Å². The summed E-state index contributed by atoms with van der Waals surface area (Å²) in [5.41, 5.74) is 2.15. The van der Waals surface area contributed by atoms with Gasteiger partial charge in [0.25, 0.3) is 5.56 Å². The molecule has 1 aromatic heterocycles. The van der Waals surface area contributed by atoms with Crippen molar-refractivity contribution in [3.63, 3.8) is 0 Å². The van der Waals surface area contributed by atoms with Crippen LogP contribution in [0.4, 0.5) is 0 Å². The van der Waals surface area contributed by atoms with Gasteiger partial charge in [0, 0.05) is 11.3 Å². The second-order valence-corrected chi connectivity index (χ2v) is 8.12. The number of ether oxygens (including phenoxy) is 1. The highest BCUT2D eigenvalue weighted by molar-refractivity contribution is 5.69. The predicted molar refractivity (Wildman–Crippen MR) is 96.3 cm³/mol. The van der Waals surface area contributed by atoms with Gasteiger partial charge >= 0.3 is 5.97 Å². The van der Waals surface area contributed by atoms with E-state index in [0.29, 0.717) is 5.92 Å². The summed E-state index contributed by atoms with van der Waals surface area (Å²) in [6, 6.07) is 2.08. The van der Waals surface area contributed by atoms with Crippen LogP contribution in [0.3, 0.4) is 0 Å². The molecule has 0 aliphatic heterocycles. The Labute approximate surface area is 145 Å². The third-order valence-corrected chi connectivity index (χ3v) is 4.80. The fourth-order valence-corrected chi connectivity index (χ4v) is 3.55. The van der Waals surface area contributed by atoms with E-state index in [1.165, 1.54) is 36.7 Å². The van der Waals surface area contributed by atoms with Gasteiger partial charge in [0.1, 0.15) is 12.1 Å². The lowest BCUT2D eigenvalue weighted by molar-refractivity contribution is -0.155. The molecule has 0 N–H and O–H groups in total. The normalized spacial score (nSPS) is 16.2. The molecule has 0 aromatic carbocycles. The molecule has 1 heterocycles. The largest absolute Gasteiger partial charge is 0.459 e. The lowest BCUT2D eigenvalue weighted by Crippen LogP contribution is -2.33. The Morgan fingerprint density at radius 2 is 1.83 bits per heavy atom. The first-order valence-electron chi connectivity index (χ1n) is 9.09. The van der Waals surface area contributed by atoms with Gasteiger partial charge in [-0.15, -0.1) is 0 Å². The Hall–Kier alpha value is -1.58. The molecular weight excluding hydrogens is 302 g/mol. The van der Waals surface area contributed by atoms with Gasteiger partial charge in [0.2, 0.25) is 0 Å². The van der Waals surface area contributed by atoms with Gasteiger partial charge < -0.3 is 9.30 Å². The molecular formula is C20H31NO3. The van der Waals surface area contributed by atoms with Crippen LogP contribution in [0.15, 0.2) is 10.9 Å². The SMILES string of the molecule is Cc1c(CC2CCCCC2)cc(C)n(CC(=O)OC(C)(C)C)c1=O. The van der Waals surface area contributed by atoms with Gasteiger partial charge in [-0.05, 0) is 58.6 Å². The Morgan fingerprint density at radius 1 is 1.21 bits per heavy atom. The molecule has 0 atom stereocenters. The quantitative estimate of drug-likeness (QED) is 0.784. The molecule has 0 spiro atoms. The molecule has 4 heteroatoms. The van der Waals surface area contributed by atoms with Gasteiger partial charge in [-0.2, -0.15) is 0 Å². The number of hydrogen-bond donors (Lipinski definition) is 0. The molecule has 0 bridgehead atoms. The van der Waals surface area contributed by atoms with Crippen molar-refractivity contribution < 1.29 is 9.53 Å². The molecule has 134 valence electrons. The number of nitrogens with zero attached hydrogens (tertiary/aromatic N) is 1. The topological polar surface area (TPSA) is 48.3 Å². The molecule has 0 saturated heterocycles. The van der Waals surface area contributed by atoms with E-state index in [1.807, 2.05) is 34.6 Å². The van der Waals surface area contributed by atoms with Crippen LogP contribution >= 0.6 is 0 Å². The minimum absolute atomic E-state index is 0.0213. The third-order valence-electron chi connectivity index (χ3n) is 4.80. The Morgan fingerprint density at radius 3 is 2.42 bits per heavy atom. The van der Waals surface area contributed by atoms with E-state index in [4.69, 9.17) is 4.74 Å². The summed E-state index contributed by atoms with van der Waals surface area (Å²) < 4.78 is 6.88. The first-order valence-corrected chi connectivity index (χ1v) is 9.09. The van der Waals surface area contributed by atoms with Crippen LogP contribution in [0, 0.1) is 19.8 Å². The monoisotopic (exact) mass is 333 g/mol. The lowest BCUT2D eigenvalue weighted by Gasteiger charge is -2.23. The molecule has 1 aliphatic carbocycles. The number of carbonyl (C=O) groups excluding carboxylic acids is 1. The molecule has 1 aliphatic rings. The van der Waals surface area contributed by atoms with Crippen LogP contribution in [0.1, 0.15) is 69.7 Å². The van der Waals surface area contributed by atoms with E-state index >= 15 is 0 Å². The van der Waals surface area contributed by atoms with Crippen LogP contribution < -0.4 is 5.56 Å². The van der Waals surface area contributed by atoms with Crippen molar-refractivity contribution >= 4 is 5.97 Å². The van der Waals surface area contributed by atoms with Crippen molar-refractivity contribution in [1.29, 1.82) is 0 Å². The van der Waals surface area contributed by atoms with E-state index in [0.717, 1.165) is 23.2 Å². The highest BCUT2D eigenvalue weighted by Crippen LogP contribution is 2.27. The summed E-state index contributed by atoms with van der Waals surface area (Å²) >= 11 is 0. The predicted octanol–water partition coefficient (Wildman–Crippen LogP) is 3.93. The first-order chi connectivity index (χ1) is 11.2. The van der Waals surface area contributed by atoms with Gasteiger partial charge in [-0.3, -0.25) is 9.59 Å². The molecule has 1 fully saturated rings. The molecule has 2 rings (SSSR count). The van der Waals surface area contributed by atoms with E-state index in [-0.39, 0.29) is 18.1 Å². The highest BCUT2D eigenvalue weighted by atomic mass is 16.6. The maximum absolute atomic E-state index is 12.7.